The number of aromatic amines is 1. The number of ether oxygens (including phenoxy) is 1. The summed E-state index contributed by atoms with van der Waals surface area (Å²) >= 11 is 0. The summed E-state index contributed by atoms with van der Waals surface area (Å²) in [5, 5.41) is 6.25. The first kappa shape index (κ1) is 14.2. The molecule has 1 aromatic heterocycles. The van der Waals surface area contributed by atoms with E-state index in [9.17, 15) is 13.2 Å². The predicted octanol–water partition coefficient (Wildman–Crippen LogP) is 3.23. The Morgan fingerprint density at radius 3 is 2.81 bits per heavy atom. The molecular formula is C14H16F3N3O. The van der Waals surface area contributed by atoms with Gasteiger partial charge in [-0.15, -0.1) is 0 Å². The summed E-state index contributed by atoms with van der Waals surface area (Å²) in [5.74, 6) is -0.143. The van der Waals surface area contributed by atoms with Crippen LogP contribution >= 0.6 is 0 Å². The molecule has 4 nitrogen and oxygen atoms in total. The normalized spacial score (nSPS) is 23.4. The van der Waals surface area contributed by atoms with Crippen LogP contribution < -0.4 is 10.5 Å². The second-order valence-corrected chi connectivity index (χ2v) is 5.43. The highest BCUT2D eigenvalue weighted by Gasteiger charge is 2.37. The van der Waals surface area contributed by atoms with Crippen LogP contribution in [0.4, 0.5) is 13.2 Å². The Bertz CT molecular complexity index is 638. The number of nitrogens with two attached hydrogens (primary N) is 1. The van der Waals surface area contributed by atoms with Crippen molar-refractivity contribution in [1.82, 2.24) is 10.2 Å². The average Bonchev–Trinajstić information content (AvgIpc) is 2.85. The summed E-state index contributed by atoms with van der Waals surface area (Å²) in [6.45, 7) is 0. The van der Waals surface area contributed by atoms with Crippen LogP contribution in [0.2, 0.25) is 0 Å². The van der Waals surface area contributed by atoms with E-state index in [1.807, 2.05) is 0 Å². The Labute approximate surface area is 119 Å². The second kappa shape index (κ2) is 5.22. The van der Waals surface area contributed by atoms with Gasteiger partial charge in [-0.1, -0.05) is 0 Å². The van der Waals surface area contributed by atoms with E-state index in [1.54, 1.807) is 6.07 Å². The first-order valence-corrected chi connectivity index (χ1v) is 6.90. The molecule has 114 valence electrons. The molecule has 0 aliphatic heterocycles. The molecule has 0 spiro atoms. The second-order valence-electron chi connectivity index (χ2n) is 5.43. The number of halogens is 3. The molecule has 1 aromatic carbocycles. The number of fused-ring (bicyclic) bond motifs is 1. The van der Waals surface area contributed by atoms with Gasteiger partial charge in [-0.25, -0.2) is 0 Å². The zero-order chi connectivity index (χ0) is 15.0. The Morgan fingerprint density at radius 1 is 1.29 bits per heavy atom. The Morgan fingerprint density at radius 2 is 2.10 bits per heavy atom. The van der Waals surface area contributed by atoms with E-state index in [0.29, 0.717) is 11.9 Å². The van der Waals surface area contributed by atoms with Gasteiger partial charge in [0.25, 0.3) is 0 Å². The van der Waals surface area contributed by atoms with Crippen LogP contribution in [0.1, 0.15) is 31.2 Å². The highest BCUT2D eigenvalue weighted by molar-refractivity contribution is 5.84. The van der Waals surface area contributed by atoms with Crippen molar-refractivity contribution < 1.29 is 17.9 Å². The van der Waals surface area contributed by atoms with Gasteiger partial charge in [0.15, 0.2) is 0 Å². The molecule has 21 heavy (non-hydrogen) atoms. The quantitative estimate of drug-likeness (QED) is 0.895. The molecule has 3 N–H and O–H groups in total. The number of nitrogens with one attached hydrogen (secondary N) is 1. The van der Waals surface area contributed by atoms with Crippen LogP contribution in [0.25, 0.3) is 10.9 Å². The zero-order valence-electron chi connectivity index (χ0n) is 11.3. The number of H-pyrrole nitrogens is 1. The van der Waals surface area contributed by atoms with Gasteiger partial charge < -0.3 is 10.5 Å². The lowest BCUT2D eigenvalue weighted by Gasteiger charge is -2.28. The SMILES string of the molecule is N[C@@H]1CCC[C@H](Oc2ccc3[nH]ncc3c2C(F)(F)F)C1. The summed E-state index contributed by atoms with van der Waals surface area (Å²) in [6.07, 6.45) is -0.491. The van der Waals surface area contributed by atoms with Gasteiger partial charge in [0.2, 0.25) is 0 Å². The molecule has 1 heterocycles. The van der Waals surface area contributed by atoms with E-state index >= 15 is 0 Å². The molecule has 2 atom stereocenters. The Kier molecular flexibility index (Phi) is 3.52. The molecule has 1 fully saturated rings. The summed E-state index contributed by atoms with van der Waals surface area (Å²) < 4.78 is 45.6. The predicted molar refractivity (Wildman–Crippen MR) is 72.0 cm³/mol. The van der Waals surface area contributed by atoms with E-state index in [-0.39, 0.29) is 23.3 Å². The minimum atomic E-state index is -4.49. The number of benzene rings is 1. The van der Waals surface area contributed by atoms with Gasteiger partial charge in [0.05, 0.1) is 11.7 Å². The van der Waals surface area contributed by atoms with Crippen molar-refractivity contribution in [2.75, 3.05) is 0 Å². The summed E-state index contributed by atoms with van der Waals surface area (Å²) in [6, 6.07) is 2.90. The van der Waals surface area contributed by atoms with Crippen LogP contribution in [0, 0.1) is 0 Å². The molecule has 0 bridgehead atoms. The zero-order valence-corrected chi connectivity index (χ0v) is 11.3. The average molecular weight is 299 g/mol. The van der Waals surface area contributed by atoms with Crippen molar-refractivity contribution >= 4 is 10.9 Å². The molecule has 0 saturated heterocycles. The van der Waals surface area contributed by atoms with Crippen molar-refractivity contribution in [1.29, 1.82) is 0 Å². The lowest BCUT2D eigenvalue weighted by Crippen LogP contribution is -2.34. The van der Waals surface area contributed by atoms with Crippen molar-refractivity contribution in [3.63, 3.8) is 0 Å². The van der Waals surface area contributed by atoms with Gasteiger partial charge in [-0.2, -0.15) is 18.3 Å². The molecular weight excluding hydrogens is 283 g/mol. The molecule has 7 heteroatoms. The highest BCUT2D eigenvalue weighted by Crippen LogP contribution is 2.41. The number of alkyl halides is 3. The molecule has 1 saturated carbocycles. The molecule has 3 rings (SSSR count). The third kappa shape index (κ3) is 2.83. The summed E-state index contributed by atoms with van der Waals surface area (Å²) in [5.41, 5.74) is 5.43. The van der Waals surface area contributed by atoms with Crippen molar-refractivity contribution in [3.05, 3.63) is 23.9 Å². The van der Waals surface area contributed by atoms with Crippen molar-refractivity contribution in [3.8, 4) is 5.75 Å². The molecule has 2 aromatic rings. The maximum absolute atomic E-state index is 13.3. The number of hydrogen-bond acceptors (Lipinski definition) is 3. The minimum Gasteiger partial charge on any atom is -0.490 e. The number of aromatic nitrogens is 2. The first-order valence-electron chi connectivity index (χ1n) is 6.90. The molecule has 1 aliphatic rings. The third-order valence-corrected chi connectivity index (χ3v) is 3.83. The minimum absolute atomic E-state index is 0.00394. The fourth-order valence-corrected chi connectivity index (χ4v) is 2.86. The summed E-state index contributed by atoms with van der Waals surface area (Å²) in [7, 11) is 0. The molecule has 0 unspecified atom stereocenters. The van der Waals surface area contributed by atoms with Crippen molar-refractivity contribution in [2.24, 2.45) is 5.73 Å². The van der Waals surface area contributed by atoms with E-state index in [0.717, 1.165) is 19.3 Å². The highest BCUT2D eigenvalue weighted by atomic mass is 19.4. The Balaban J connectivity index is 1.97. The number of rotatable bonds is 2. The monoisotopic (exact) mass is 299 g/mol. The van der Waals surface area contributed by atoms with Crippen LogP contribution in [-0.2, 0) is 6.18 Å². The van der Waals surface area contributed by atoms with Crippen LogP contribution in [-0.4, -0.2) is 22.3 Å². The van der Waals surface area contributed by atoms with Crippen molar-refractivity contribution in [2.45, 2.75) is 44.0 Å². The maximum atomic E-state index is 13.3. The lowest BCUT2D eigenvalue weighted by molar-refractivity contribution is -0.138. The first-order chi connectivity index (χ1) is 9.95. The van der Waals surface area contributed by atoms with Gasteiger partial charge in [0.1, 0.15) is 17.4 Å². The fourth-order valence-electron chi connectivity index (χ4n) is 2.86. The number of hydrogen-bond donors (Lipinski definition) is 2. The summed E-state index contributed by atoms with van der Waals surface area (Å²) in [4.78, 5) is 0. The van der Waals surface area contributed by atoms with Gasteiger partial charge in [-0.3, -0.25) is 5.10 Å². The van der Waals surface area contributed by atoms with Gasteiger partial charge >= 0.3 is 6.18 Å². The molecule has 1 aliphatic carbocycles. The van der Waals surface area contributed by atoms with E-state index in [2.05, 4.69) is 10.2 Å². The van der Waals surface area contributed by atoms with Crippen LogP contribution in [0.3, 0.4) is 0 Å². The van der Waals surface area contributed by atoms with Gasteiger partial charge in [-0.05, 0) is 37.8 Å². The Hall–Kier alpha value is -1.76. The van der Waals surface area contributed by atoms with Crippen LogP contribution in [0.15, 0.2) is 18.3 Å². The third-order valence-electron chi connectivity index (χ3n) is 3.83. The van der Waals surface area contributed by atoms with E-state index in [1.165, 1.54) is 12.3 Å². The van der Waals surface area contributed by atoms with E-state index in [4.69, 9.17) is 10.5 Å². The molecule has 0 amide bonds. The standard InChI is InChI=1S/C14H16F3N3O/c15-14(16,17)13-10-7-19-20-11(10)4-5-12(13)21-9-3-1-2-8(18)6-9/h4-5,7-9H,1-3,6,18H2,(H,19,20)/t8-,9+/m1/s1. The topological polar surface area (TPSA) is 63.9 Å². The largest absolute Gasteiger partial charge is 0.490 e. The van der Waals surface area contributed by atoms with E-state index < -0.39 is 11.7 Å². The molecule has 0 radical (unpaired) electrons. The maximum Gasteiger partial charge on any atom is 0.420 e. The number of nitrogens with zero attached hydrogens (tertiary/aromatic N) is 1. The lowest BCUT2D eigenvalue weighted by atomic mass is 9.93. The fraction of sp³-hybridized carbons (Fsp3) is 0.500. The smallest absolute Gasteiger partial charge is 0.420 e. The van der Waals surface area contributed by atoms with Gasteiger partial charge in [0, 0.05) is 11.4 Å². The van der Waals surface area contributed by atoms with Crippen LogP contribution in [0.5, 0.6) is 5.75 Å².